The first-order chi connectivity index (χ1) is 12.7. The van der Waals surface area contributed by atoms with Crippen molar-refractivity contribution in [2.45, 2.75) is 0 Å². The Hall–Kier alpha value is -3.26. The maximum Gasteiger partial charge on any atom is 0.258 e. The molecule has 4 rings (SSSR count). The number of nitrogens with zero attached hydrogens (tertiary/aromatic N) is 3. The fraction of sp³-hybridized carbons (Fsp3) is 0.0556. The summed E-state index contributed by atoms with van der Waals surface area (Å²) in [5, 5.41) is 8.86. The number of thiazole rings is 1. The van der Waals surface area contributed by atoms with Crippen LogP contribution in [0.1, 0.15) is 10.4 Å². The van der Waals surface area contributed by atoms with E-state index in [1.165, 1.54) is 29.5 Å². The largest absolute Gasteiger partial charge is 0.496 e. The molecule has 2 heterocycles. The van der Waals surface area contributed by atoms with Crippen molar-refractivity contribution in [1.29, 1.82) is 0 Å². The van der Waals surface area contributed by atoms with Gasteiger partial charge in [-0.2, -0.15) is 4.98 Å². The van der Waals surface area contributed by atoms with Gasteiger partial charge in [0.15, 0.2) is 0 Å². The van der Waals surface area contributed by atoms with Gasteiger partial charge in [0, 0.05) is 16.5 Å². The van der Waals surface area contributed by atoms with Crippen LogP contribution in [0.15, 0.2) is 53.9 Å². The van der Waals surface area contributed by atoms with Gasteiger partial charge in [-0.3, -0.25) is 10.1 Å². The number of anilines is 1. The molecule has 2 aromatic heterocycles. The molecule has 0 aliphatic carbocycles. The predicted molar refractivity (Wildman–Crippen MR) is 97.2 cm³/mol. The zero-order chi connectivity index (χ0) is 18.1. The average Bonchev–Trinajstić information content (AvgIpc) is 3.21. The van der Waals surface area contributed by atoms with E-state index in [-0.39, 0.29) is 11.5 Å². The number of rotatable bonds is 4. The number of fused-ring (bicyclic) bond motifs is 1. The van der Waals surface area contributed by atoms with Gasteiger partial charge in [0.05, 0.1) is 12.8 Å². The van der Waals surface area contributed by atoms with Gasteiger partial charge in [-0.05, 0) is 30.3 Å². The average molecular weight is 368 g/mol. The number of aromatic nitrogens is 3. The highest BCUT2D eigenvalue weighted by Crippen LogP contribution is 2.32. The van der Waals surface area contributed by atoms with Crippen LogP contribution in [0.4, 0.5) is 10.3 Å². The van der Waals surface area contributed by atoms with E-state index < -0.39 is 11.7 Å². The normalized spacial score (nSPS) is 10.8. The number of ether oxygens (including phenoxy) is 1. The Morgan fingerprint density at radius 2 is 2.08 bits per heavy atom. The summed E-state index contributed by atoms with van der Waals surface area (Å²) in [6.45, 7) is 0. The summed E-state index contributed by atoms with van der Waals surface area (Å²) in [5.74, 6) is -0.0770. The molecule has 4 aromatic rings. The topological polar surface area (TPSA) is 68.5 Å². The second kappa shape index (κ2) is 6.57. The lowest BCUT2D eigenvalue weighted by atomic mass is 10.1. The quantitative estimate of drug-likeness (QED) is 0.594. The molecule has 0 bridgehead atoms. The molecule has 0 fully saturated rings. The van der Waals surface area contributed by atoms with Crippen molar-refractivity contribution in [2.75, 3.05) is 12.4 Å². The number of hydrogen-bond acceptors (Lipinski definition) is 5. The van der Waals surface area contributed by atoms with E-state index in [0.717, 1.165) is 17.3 Å². The minimum absolute atomic E-state index is 0.155. The van der Waals surface area contributed by atoms with Gasteiger partial charge < -0.3 is 4.74 Å². The Bertz CT molecular complexity index is 1110. The van der Waals surface area contributed by atoms with Crippen LogP contribution in [0.3, 0.4) is 0 Å². The molecular weight excluding hydrogens is 355 g/mol. The highest BCUT2D eigenvalue weighted by molar-refractivity contribution is 7.15. The second-order valence-electron chi connectivity index (χ2n) is 5.42. The Kier molecular flexibility index (Phi) is 4.10. The summed E-state index contributed by atoms with van der Waals surface area (Å²) < 4.78 is 20.3. The van der Waals surface area contributed by atoms with Gasteiger partial charge in [0.25, 0.3) is 11.9 Å². The minimum Gasteiger partial charge on any atom is -0.496 e. The first kappa shape index (κ1) is 16.2. The van der Waals surface area contributed by atoms with E-state index in [1.54, 1.807) is 11.6 Å². The standard InChI is InChI=1S/C18H13FN4O2S/c1-25-15-8-3-2-7-13(15)14-10-26-18-21-17(22-23(14)18)20-16(24)11-5-4-6-12(19)9-11/h2-10H,1H3,(H,20,22,24). The highest BCUT2D eigenvalue weighted by atomic mass is 32.1. The molecule has 1 N–H and O–H groups in total. The lowest BCUT2D eigenvalue weighted by molar-refractivity contribution is 0.102. The van der Waals surface area contributed by atoms with Crippen LogP contribution in [0, 0.1) is 5.82 Å². The molecule has 1 amide bonds. The maximum absolute atomic E-state index is 13.3. The number of carbonyl (C=O) groups excluding carboxylic acids is 1. The van der Waals surface area contributed by atoms with Gasteiger partial charge in [0.1, 0.15) is 11.6 Å². The predicted octanol–water partition coefficient (Wildman–Crippen LogP) is 3.86. The van der Waals surface area contributed by atoms with E-state index in [2.05, 4.69) is 15.4 Å². The van der Waals surface area contributed by atoms with Gasteiger partial charge in [-0.25, -0.2) is 8.91 Å². The molecule has 0 saturated carbocycles. The molecule has 26 heavy (non-hydrogen) atoms. The highest BCUT2D eigenvalue weighted by Gasteiger charge is 2.16. The Labute approximate surface area is 151 Å². The monoisotopic (exact) mass is 368 g/mol. The maximum atomic E-state index is 13.3. The van der Waals surface area contributed by atoms with Gasteiger partial charge in [-0.15, -0.1) is 16.4 Å². The molecule has 0 radical (unpaired) electrons. The van der Waals surface area contributed by atoms with Crippen molar-refractivity contribution in [3.8, 4) is 17.0 Å². The van der Waals surface area contributed by atoms with Gasteiger partial charge in [-0.1, -0.05) is 18.2 Å². The molecule has 130 valence electrons. The second-order valence-corrected chi connectivity index (χ2v) is 6.25. The molecular formula is C18H13FN4O2S. The number of benzene rings is 2. The Balaban J connectivity index is 1.67. The summed E-state index contributed by atoms with van der Waals surface area (Å²) in [5.41, 5.74) is 1.88. The van der Waals surface area contributed by atoms with Crippen LogP contribution in [0.25, 0.3) is 16.2 Å². The van der Waals surface area contributed by atoms with Gasteiger partial charge >= 0.3 is 0 Å². The number of methoxy groups -OCH3 is 1. The van der Waals surface area contributed by atoms with Crippen molar-refractivity contribution < 1.29 is 13.9 Å². The van der Waals surface area contributed by atoms with E-state index in [0.29, 0.717) is 10.7 Å². The third-order valence-electron chi connectivity index (χ3n) is 3.78. The van der Waals surface area contributed by atoms with Crippen molar-refractivity contribution in [3.05, 3.63) is 65.3 Å². The fourth-order valence-electron chi connectivity index (χ4n) is 2.58. The molecule has 0 aliphatic heterocycles. The Morgan fingerprint density at radius 1 is 1.23 bits per heavy atom. The van der Waals surface area contributed by atoms with Crippen LogP contribution in [0.5, 0.6) is 5.75 Å². The number of para-hydroxylation sites is 1. The summed E-state index contributed by atoms with van der Waals surface area (Å²) in [7, 11) is 1.61. The SMILES string of the molecule is COc1ccccc1-c1csc2nc(NC(=O)c3cccc(F)c3)nn12. The molecule has 0 spiro atoms. The van der Waals surface area contributed by atoms with Crippen LogP contribution in [0.2, 0.25) is 0 Å². The smallest absolute Gasteiger partial charge is 0.258 e. The van der Waals surface area contributed by atoms with Crippen molar-refractivity contribution in [3.63, 3.8) is 0 Å². The third kappa shape index (κ3) is 2.91. The fourth-order valence-corrected chi connectivity index (χ4v) is 3.40. The lowest BCUT2D eigenvalue weighted by Gasteiger charge is -2.06. The zero-order valence-electron chi connectivity index (χ0n) is 13.6. The van der Waals surface area contributed by atoms with Gasteiger partial charge in [0.2, 0.25) is 4.96 Å². The third-order valence-corrected chi connectivity index (χ3v) is 4.59. The molecule has 0 atom stereocenters. The summed E-state index contributed by atoms with van der Waals surface area (Å²) in [6.07, 6.45) is 0. The van der Waals surface area contributed by atoms with Crippen LogP contribution in [-0.4, -0.2) is 27.6 Å². The molecule has 0 unspecified atom stereocenters. The molecule has 8 heteroatoms. The lowest BCUT2D eigenvalue weighted by Crippen LogP contribution is -2.13. The minimum atomic E-state index is -0.477. The Morgan fingerprint density at radius 3 is 2.88 bits per heavy atom. The summed E-state index contributed by atoms with van der Waals surface area (Å²) in [6, 6.07) is 13.0. The van der Waals surface area contributed by atoms with Crippen molar-refractivity contribution in [1.82, 2.24) is 14.6 Å². The van der Waals surface area contributed by atoms with Crippen LogP contribution >= 0.6 is 11.3 Å². The molecule has 2 aromatic carbocycles. The van der Waals surface area contributed by atoms with Crippen LogP contribution < -0.4 is 10.1 Å². The number of amides is 1. The van der Waals surface area contributed by atoms with E-state index in [9.17, 15) is 9.18 Å². The zero-order valence-corrected chi connectivity index (χ0v) is 14.5. The molecule has 0 aliphatic rings. The van der Waals surface area contributed by atoms with Crippen molar-refractivity contribution >= 4 is 28.2 Å². The summed E-state index contributed by atoms with van der Waals surface area (Å²) >= 11 is 1.40. The molecule has 6 nitrogen and oxygen atoms in total. The number of halogens is 1. The number of carbonyl (C=O) groups is 1. The first-order valence-corrected chi connectivity index (χ1v) is 8.58. The van der Waals surface area contributed by atoms with Crippen LogP contribution in [-0.2, 0) is 0 Å². The number of hydrogen-bond donors (Lipinski definition) is 1. The summed E-state index contributed by atoms with van der Waals surface area (Å²) in [4.78, 5) is 17.2. The molecule has 0 saturated heterocycles. The first-order valence-electron chi connectivity index (χ1n) is 7.70. The number of nitrogens with one attached hydrogen (secondary N) is 1. The van der Waals surface area contributed by atoms with E-state index in [4.69, 9.17) is 4.74 Å². The van der Waals surface area contributed by atoms with E-state index >= 15 is 0 Å². The van der Waals surface area contributed by atoms with Crippen molar-refractivity contribution in [2.24, 2.45) is 0 Å². The van der Waals surface area contributed by atoms with E-state index in [1.807, 2.05) is 29.6 Å².